The molecule has 11 heteroatoms. The molecule has 0 heterocycles. The van der Waals surface area contributed by atoms with Crippen LogP contribution in [0.2, 0.25) is 15.1 Å². The van der Waals surface area contributed by atoms with E-state index in [1.54, 1.807) is 56.3 Å². The van der Waals surface area contributed by atoms with Crippen molar-refractivity contribution in [3.63, 3.8) is 0 Å². The number of amides is 2. The largest absolute Gasteiger partial charge is 0.355 e. The van der Waals surface area contributed by atoms with Crippen molar-refractivity contribution in [2.75, 3.05) is 17.4 Å². The Kier molecular flexibility index (Phi) is 11.6. The van der Waals surface area contributed by atoms with E-state index in [1.165, 1.54) is 23.1 Å². The fourth-order valence-corrected chi connectivity index (χ4v) is 6.99. The van der Waals surface area contributed by atoms with Crippen LogP contribution in [0, 0.1) is 13.8 Å². The first kappa shape index (κ1) is 34.3. The quantitative estimate of drug-likeness (QED) is 0.170. The Balaban J connectivity index is 1.84. The summed E-state index contributed by atoms with van der Waals surface area (Å²) in [4.78, 5) is 29.5. The Morgan fingerprint density at radius 1 is 0.844 bits per heavy atom. The van der Waals surface area contributed by atoms with Crippen molar-refractivity contribution in [3.8, 4) is 0 Å². The first-order valence-electron chi connectivity index (χ1n) is 14.3. The SMILES string of the molecule is CCNC(=O)[C@@H](Cc1ccccc1)N(Cc1ccc(Cl)cc1Cl)C(=O)CN(c1cc(Cl)ccc1C)S(=O)(=O)c1ccc(C)cc1. The Labute approximate surface area is 279 Å². The molecule has 7 nitrogen and oxygen atoms in total. The molecule has 236 valence electrons. The van der Waals surface area contributed by atoms with Crippen molar-refractivity contribution in [3.05, 3.63) is 128 Å². The van der Waals surface area contributed by atoms with E-state index in [-0.39, 0.29) is 29.5 Å². The molecular formula is C34H34Cl3N3O4S. The second-order valence-corrected chi connectivity index (χ2v) is 13.8. The van der Waals surface area contributed by atoms with Crippen molar-refractivity contribution >= 4 is 62.3 Å². The highest BCUT2D eigenvalue weighted by molar-refractivity contribution is 7.92. The lowest BCUT2D eigenvalue weighted by molar-refractivity contribution is -0.140. The lowest BCUT2D eigenvalue weighted by Crippen LogP contribution is -2.53. The molecule has 4 aromatic carbocycles. The van der Waals surface area contributed by atoms with Gasteiger partial charge in [0, 0.05) is 34.6 Å². The molecule has 0 unspecified atom stereocenters. The van der Waals surface area contributed by atoms with Crippen LogP contribution in [0.15, 0.2) is 95.9 Å². The zero-order valence-electron chi connectivity index (χ0n) is 25.1. The molecule has 0 aliphatic carbocycles. The van der Waals surface area contributed by atoms with Crippen LogP contribution in [-0.2, 0) is 32.6 Å². The number of nitrogens with zero attached hydrogens (tertiary/aromatic N) is 2. The molecule has 0 radical (unpaired) electrons. The minimum absolute atomic E-state index is 0.0112. The normalized spacial score (nSPS) is 12.0. The van der Waals surface area contributed by atoms with E-state index in [9.17, 15) is 18.0 Å². The zero-order valence-corrected chi connectivity index (χ0v) is 28.2. The van der Waals surface area contributed by atoms with Crippen molar-refractivity contribution in [1.82, 2.24) is 10.2 Å². The van der Waals surface area contributed by atoms with Gasteiger partial charge >= 0.3 is 0 Å². The summed E-state index contributed by atoms with van der Waals surface area (Å²) < 4.78 is 29.5. The Bertz CT molecular complexity index is 1770. The number of rotatable bonds is 12. The zero-order chi connectivity index (χ0) is 32.7. The first-order valence-corrected chi connectivity index (χ1v) is 16.9. The van der Waals surface area contributed by atoms with Gasteiger partial charge in [-0.05, 0) is 73.9 Å². The van der Waals surface area contributed by atoms with Crippen molar-refractivity contribution in [1.29, 1.82) is 0 Å². The van der Waals surface area contributed by atoms with Gasteiger partial charge in [-0.3, -0.25) is 13.9 Å². The average molecular weight is 687 g/mol. The molecule has 0 aromatic heterocycles. The van der Waals surface area contributed by atoms with Crippen LogP contribution < -0.4 is 9.62 Å². The highest BCUT2D eigenvalue weighted by atomic mass is 35.5. The first-order chi connectivity index (χ1) is 21.4. The van der Waals surface area contributed by atoms with E-state index < -0.39 is 28.5 Å². The van der Waals surface area contributed by atoms with E-state index in [4.69, 9.17) is 34.8 Å². The Morgan fingerprint density at radius 2 is 1.49 bits per heavy atom. The number of carbonyl (C=O) groups is 2. The van der Waals surface area contributed by atoms with Crippen LogP contribution in [0.5, 0.6) is 0 Å². The van der Waals surface area contributed by atoms with Gasteiger partial charge in [0.05, 0.1) is 10.6 Å². The van der Waals surface area contributed by atoms with E-state index in [1.807, 2.05) is 37.3 Å². The van der Waals surface area contributed by atoms with Crippen LogP contribution in [0.1, 0.15) is 29.2 Å². The maximum atomic E-state index is 14.5. The summed E-state index contributed by atoms with van der Waals surface area (Å²) in [5, 5.41) is 3.87. The Hall–Kier alpha value is -3.56. The predicted octanol–water partition coefficient (Wildman–Crippen LogP) is 7.24. The summed E-state index contributed by atoms with van der Waals surface area (Å²) in [6.45, 7) is 5.05. The lowest BCUT2D eigenvalue weighted by atomic mass is 10.0. The van der Waals surface area contributed by atoms with Gasteiger partial charge in [-0.2, -0.15) is 0 Å². The number of likely N-dealkylation sites (N-methyl/N-ethyl adjacent to an activating group) is 1. The molecule has 0 saturated carbocycles. The number of anilines is 1. The molecule has 0 fully saturated rings. The van der Waals surface area contributed by atoms with Crippen LogP contribution in [0.4, 0.5) is 5.69 Å². The number of hydrogen-bond acceptors (Lipinski definition) is 4. The van der Waals surface area contributed by atoms with Crippen LogP contribution >= 0.6 is 34.8 Å². The number of sulfonamides is 1. The van der Waals surface area contributed by atoms with E-state index in [0.29, 0.717) is 32.7 Å². The molecule has 0 aliphatic heterocycles. The third-order valence-corrected chi connectivity index (χ3v) is 9.90. The average Bonchev–Trinajstić information content (AvgIpc) is 3.00. The number of carbonyl (C=O) groups excluding carboxylic acids is 2. The van der Waals surface area contributed by atoms with E-state index in [2.05, 4.69) is 5.32 Å². The molecule has 4 rings (SSSR count). The summed E-state index contributed by atoms with van der Waals surface area (Å²) in [5.74, 6) is -0.991. The van der Waals surface area contributed by atoms with Gasteiger partial charge in [-0.1, -0.05) is 95.0 Å². The maximum absolute atomic E-state index is 14.5. The van der Waals surface area contributed by atoms with Gasteiger partial charge in [-0.25, -0.2) is 8.42 Å². The molecule has 4 aromatic rings. The van der Waals surface area contributed by atoms with Crippen LogP contribution in [0.3, 0.4) is 0 Å². The van der Waals surface area contributed by atoms with Gasteiger partial charge in [0.25, 0.3) is 10.0 Å². The van der Waals surface area contributed by atoms with Gasteiger partial charge in [0.15, 0.2) is 0 Å². The van der Waals surface area contributed by atoms with Gasteiger partial charge in [0.1, 0.15) is 12.6 Å². The third kappa shape index (κ3) is 8.58. The summed E-state index contributed by atoms with van der Waals surface area (Å²) in [6, 6.07) is 24.4. The molecular weight excluding hydrogens is 653 g/mol. The molecule has 1 N–H and O–H groups in total. The number of benzene rings is 4. The summed E-state index contributed by atoms with van der Waals surface area (Å²) >= 11 is 19.0. The summed E-state index contributed by atoms with van der Waals surface area (Å²) in [6.07, 6.45) is 0.185. The number of nitrogens with one attached hydrogen (secondary N) is 1. The molecule has 2 amide bonds. The minimum atomic E-state index is -4.26. The molecule has 1 atom stereocenters. The molecule has 45 heavy (non-hydrogen) atoms. The van der Waals surface area contributed by atoms with Crippen LogP contribution in [-0.4, -0.2) is 44.3 Å². The summed E-state index contributed by atoms with van der Waals surface area (Å²) in [5.41, 5.74) is 3.10. The fourth-order valence-electron chi connectivity index (χ4n) is 4.88. The van der Waals surface area contributed by atoms with Crippen molar-refractivity contribution in [2.24, 2.45) is 0 Å². The minimum Gasteiger partial charge on any atom is -0.355 e. The third-order valence-electron chi connectivity index (χ3n) is 7.31. The van der Waals surface area contributed by atoms with E-state index in [0.717, 1.165) is 15.4 Å². The van der Waals surface area contributed by atoms with E-state index >= 15 is 0 Å². The highest BCUT2D eigenvalue weighted by Crippen LogP contribution is 2.31. The standard InChI is InChI=1S/C34H34Cl3N3O4S/c1-4-38-34(42)32(18-25-8-6-5-7-9-25)39(21-26-13-15-27(35)19-30(26)37)33(41)22-40(31-20-28(36)14-12-24(31)3)45(43,44)29-16-10-23(2)11-17-29/h5-17,19-20,32H,4,18,21-22H2,1-3H3,(H,38,42)/t32-/m1/s1. The fraction of sp³-hybridized carbons (Fsp3) is 0.235. The lowest BCUT2D eigenvalue weighted by Gasteiger charge is -2.34. The second-order valence-electron chi connectivity index (χ2n) is 10.6. The number of aryl methyl sites for hydroxylation is 2. The van der Waals surface area contributed by atoms with Gasteiger partial charge in [0.2, 0.25) is 11.8 Å². The number of halogens is 3. The number of hydrogen-bond donors (Lipinski definition) is 1. The maximum Gasteiger partial charge on any atom is 0.264 e. The van der Waals surface area contributed by atoms with Crippen LogP contribution in [0.25, 0.3) is 0 Å². The molecule has 0 bridgehead atoms. The highest BCUT2D eigenvalue weighted by Gasteiger charge is 2.35. The molecule has 0 aliphatic rings. The smallest absolute Gasteiger partial charge is 0.264 e. The monoisotopic (exact) mass is 685 g/mol. The second kappa shape index (κ2) is 15.1. The predicted molar refractivity (Wildman–Crippen MR) is 182 cm³/mol. The van der Waals surface area contributed by atoms with Gasteiger partial charge in [-0.15, -0.1) is 0 Å². The van der Waals surface area contributed by atoms with Gasteiger partial charge < -0.3 is 10.2 Å². The molecule has 0 spiro atoms. The summed E-state index contributed by atoms with van der Waals surface area (Å²) in [7, 11) is -4.26. The van der Waals surface area contributed by atoms with Crippen molar-refractivity contribution in [2.45, 2.75) is 44.7 Å². The topological polar surface area (TPSA) is 86.8 Å². The Morgan fingerprint density at radius 3 is 2.13 bits per heavy atom. The van der Waals surface area contributed by atoms with Crippen molar-refractivity contribution < 1.29 is 18.0 Å². The molecule has 0 saturated heterocycles.